The minimum atomic E-state index is -3.78. The largest absolute Gasteiger partial charge is 0.493 e. The molecule has 0 saturated heterocycles. The van der Waals surface area contributed by atoms with Gasteiger partial charge in [-0.25, -0.2) is 13.4 Å². The van der Waals surface area contributed by atoms with Gasteiger partial charge >= 0.3 is 0 Å². The molecular weight excluding hydrogens is 416 g/mol. The molecule has 0 atom stereocenters. The molecule has 6 nitrogen and oxygen atoms in total. The van der Waals surface area contributed by atoms with E-state index in [1.165, 1.54) is 37.7 Å². The minimum absolute atomic E-state index is 0.0700. The lowest BCUT2D eigenvalue weighted by molar-refractivity contribution is 0.354. The Kier molecular flexibility index (Phi) is 4.66. The molecule has 9 heteroatoms. The molecule has 0 aliphatic heterocycles. The zero-order valence-corrected chi connectivity index (χ0v) is 16.0. The van der Waals surface area contributed by atoms with E-state index < -0.39 is 10.0 Å². The van der Waals surface area contributed by atoms with Crippen LogP contribution in [0.3, 0.4) is 0 Å². The summed E-state index contributed by atoms with van der Waals surface area (Å²) in [6.07, 6.45) is 0. The first kappa shape index (κ1) is 17.0. The summed E-state index contributed by atoms with van der Waals surface area (Å²) in [5.74, 6) is 0.801. The Morgan fingerprint density at radius 1 is 1.08 bits per heavy atom. The Balaban J connectivity index is 1.95. The van der Waals surface area contributed by atoms with Crippen molar-refractivity contribution in [1.29, 1.82) is 0 Å². The lowest BCUT2D eigenvalue weighted by Crippen LogP contribution is -2.13. The molecule has 0 amide bonds. The van der Waals surface area contributed by atoms with Crippen molar-refractivity contribution in [2.24, 2.45) is 0 Å². The molecule has 1 aromatic heterocycles. The smallest absolute Gasteiger partial charge is 0.263 e. The average Bonchev–Trinajstić information content (AvgIpc) is 2.94. The molecule has 3 rings (SSSR count). The van der Waals surface area contributed by atoms with E-state index >= 15 is 0 Å². The lowest BCUT2D eigenvalue weighted by atomic mass is 10.3. The number of nitrogens with one attached hydrogen (secondary N) is 1. The highest BCUT2D eigenvalue weighted by Gasteiger charge is 2.19. The normalized spacial score (nSPS) is 11.5. The van der Waals surface area contributed by atoms with Crippen molar-refractivity contribution < 1.29 is 17.9 Å². The molecule has 1 heterocycles. The fourth-order valence-corrected chi connectivity index (χ4v) is 4.77. The first-order valence-electron chi connectivity index (χ1n) is 6.74. The summed E-state index contributed by atoms with van der Waals surface area (Å²) in [5, 5.41) is 0.304. The third-order valence-corrected chi connectivity index (χ3v) is 6.13. The summed E-state index contributed by atoms with van der Waals surface area (Å²) in [5.41, 5.74) is 0.730. The quantitative estimate of drug-likeness (QED) is 0.666. The van der Waals surface area contributed by atoms with E-state index in [-0.39, 0.29) is 4.90 Å². The van der Waals surface area contributed by atoms with Gasteiger partial charge in [-0.15, -0.1) is 0 Å². The Bertz CT molecular complexity index is 1000. The van der Waals surface area contributed by atoms with Gasteiger partial charge in [0.1, 0.15) is 0 Å². The summed E-state index contributed by atoms with van der Waals surface area (Å²) < 4.78 is 39.7. The maximum Gasteiger partial charge on any atom is 0.263 e. The van der Waals surface area contributed by atoms with Gasteiger partial charge in [0.25, 0.3) is 10.0 Å². The Morgan fingerprint density at radius 3 is 2.54 bits per heavy atom. The number of benzene rings is 2. The van der Waals surface area contributed by atoms with Gasteiger partial charge in [0.15, 0.2) is 16.6 Å². The van der Waals surface area contributed by atoms with Crippen LogP contribution in [0.25, 0.3) is 10.2 Å². The summed E-state index contributed by atoms with van der Waals surface area (Å²) in [6.45, 7) is 0. The number of rotatable bonds is 5. The van der Waals surface area contributed by atoms with Crippen molar-refractivity contribution in [2.75, 3.05) is 18.9 Å². The number of ether oxygens (including phenoxy) is 2. The van der Waals surface area contributed by atoms with Crippen molar-refractivity contribution in [3.8, 4) is 11.5 Å². The molecule has 24 heavy (non-hydrogen) atoms. The van der Waals surface area contributed by atoms with Crippen LogP contribution in [-0.4, -0.2) is 27.6 Å². The van der Waals surface area contributed by atoms with E-state index in [4.69, 9.17) is 9.47 Å². The molecule has 3 aromatic rings. The highest BCUT2D eigenvalue weighted by atomic mass is 79.9. The van der Waals surface area contributed by atoms with Crippen molar-refractivity contribution in [3.63, 3.8) is 0 Å². The van der Waals surface area contributed by atoms with Gasteiger partial charge in [-0.3, -0.25) is 4.72 Å². The number of fused-ring (bicyclic) bond motifs is 1. The third-order valence-electron chi connectivity index (χ3n) is 3.24. The second kappa shape index (κ2) is 6.58. The summed E-state index contributed by atoms with van der Waals surface area (Å²) in [7, 11) is -0.837. The molecule has 0 fully saturated rings. The van der Waals surface area contributed by atoms with Crippen LogP contribution >= 0.6 is 27.3 Å². The standard InChI is InChI=1S/C15H13BrN2O4S2/c1-21-12-6-4-10(8-13(12)22-2)24(19,20)18-15-17-11-5-3-9(16)7-14(11)23-15/h3-8H,1-2H3,(H,17,18). The molecule has 0 radical (unpaired) electrons. The number of anilines is 1. The molecule has 2 aromatic carbocycles. The molecule has 0 saturated carbocycles. The number of hydrogen-bond donors (Lipinski definition) is 1. The predicted octanol–water partition coefficient (Wildman–Crippen LogP) is 3.88. The topological polar surface area (TPSA) is 77.5 Å². The molecule has 0 bridgehead atoms. The van der Waals surface area contributed by atoms with Gasteiger partial charge in [-0.05, 0) is 30.3 Å². The minimum Gasteiger partial charge on any atom is -0.493 e. The number of sulfonamides is 1. The molecule has 126 valence electrons. The van der Waals surface area contributed by atoms with Crippen molar-refractivity contribution in [3.05, 3.63) is 40.9 Å². The van der Waals surface area contributed by atoms with Crippen LogP contribution in [0.1, 0.15) is 0 Å². The van der Waals surface area contributed by atoms with Crippen LogP contribution in [0, 0.1) is 0 Å². The van der Waals surface area contributed by atoms with Gasteiger partial charge in [0, 0.05) is 10.5 Å². The molecule has 1 N–H and O–H groups in total. The zero-order chi connectivity index (χ0) is 17.3. The van der Waals surface area contributed by atoms with E-state index in [0.29, 0.717) is 16.6 Å². The van der Waals surface area contributed by atoms with Crippen molar-refractivity contribution in [2.45, 2.75) is 4.90 Å². The van der Waals surface area contributed by atoms with E-state index in [0.717, 1.165) is 14.7 Å². The summed E-state index contributed by atoms with van der Waals surface area (Å²) in [6, 6.07) is 9.97. The Labute approximate surface area is 151 Å². The van der Waals surface area contributed by atoms with Crippen LogP contribution in [0.15, 0.2) is 45.8 Å². The summed E-state index contributed by atoms with van der Waals surface area (Å²) in [4.78, 5) is 4.36. The number of thiazole rings is 1. The van der Waals surface area contributed by atoms with Crippen molar-refractivity contribution >= 4 is 52.6 Å². The summed E-state index contributed by atoms with van der Waals surface area (Å²) >= 11 is 4.65. The molecule has 0 unspecified atom stereocenters. The van der Waals surface area contributed by atoms with Crippen molar-refractivity contribution in [1.82, 2.24) is 4.98 Å². The number of halogens is 1. The van der Waals surface area contributed by atoms with E-state index in [1.54, 1.807) is 6.07 Å². The highest BCUT2D eigenvalue weighted by molar-refractivity contribution is 9.10. The predicted molar refractivity (Wildman–Crippen MR) is 97.7 cm³/mol. The van der Waals surface area contributed by atoms with Crippen LogP contribution in [0.4, 0.5) is 5.13 Å². The SMILES string of the molecule is COc1ccc(S(=O)(=O)Nc2nc3ccc(Br)cc3s2)cc1OC. The fourth-order valence-electron chi connectivity index (χ4n) is 2.10. The van der Waals surface area contributed by atoms with Gasteiger partial charge in [0.2, 0.25) is 0 Å². The maximum atomic E-state index is 12.6. The van der Waals surface area contributed by atoms with Crippen LogP contribution in [0.5, 0.6) is 11.5 Å². The van der Waals surface area contributed by atoms with Crippen LogP contribution < -0.4 is 14.2 Å². The van der Waals surface area contributed by atoms with E-state index in [1.807, 2.05) is 18.2 Å². The van der Waals surface area contributed by atoms with E-state index in [2.05, 4.69) is 25.6 Å². The number of methoxy groups -OCH3 is 2. The maximum absolute atomic E-state index is 12.6. The molecule has 0 aliphatic rings. The lowest BCUT2D eigenvalue weighted by Gasteiger charge is -2.10. The zero-order valence-electron chi connectivity index (χ0n) is 12.7. The number of aromatic nitrogens is 1. The highest BCUT2D eigenvalue weighted by Crippen LogP contribution is 2.32. The van der Waals surface area contributed by atoms with Gasteiger partial charge < -0.3 is 9.47 Å². The average molecular weight is 429 g/mol. The monoisotopic (exact) mass is 428 g/mol. The second-order valence-corrected chi connectivity index (χ2v) is 8.38. The molecule has 0 aliphatic carbocycles. The first-order chi connectivity index (χ1) is 11.4. The second-order valence-electron chi connectivity index (χ2n) is 4.75. The van der Waals surface area contributed by atoms with Gasteiger partial charge in [0.05, 0.1) is 29.3 Å². The first-order valence-corrected chi connectivity index (χ1v) is 9.83. The number of hydrogen-bond acceptors (Lipinski definition) is 6. The fraction of sp³-hybridized carbons (Fsp3) is 0.133. The van der Waals surface area contributed by atoms with E-state index in [9.17, 15) is 8.42 Å². The number of nitrogens with zero attached hydrogens (tertiary/aromatic N) is 1. The molecule has 0 spiro atoms. The Morgan fingerprint density at radius 2 is 1.83 bits per heavy atom. The van der Waals surface area contributed by atoms with Crippen LogP contribution in [-0.2, 0) is 10.0 Å². The van der Waals surface area contributed by atoms with Gasteiger partial charge in [-0.1, -0.05) is 27.3 Å². The molecular formula is C15H13BrN2O4S2. The Hall–Kier alpha value is -1.84. The van der Waals surface area contributed by atoms with Crippen LogP contribution in [0.2, 0.25) is 0 Å². The third kappa shape index (κ3) is 3.33. The van der Waals surface area contributed by atoms with Gasteiger partial charge in [-0.2, -0.15) is 0 Å².